The molecular weight excluding hydrogens is 286 g/mol. The minimum Gasteiger partial charge on any atom is -0.477 e. The normalized spacial score (nSPS) is 9.94. The predicted molar refractivity (Wildman–Crippen MR) is 66.4 cm³/mol. The number of hydrogen-bond donors (Lipinski definition) is 2. The predicted octanol–water partition coefficient (Wildman–Crippen LogP) is 2.68. The number of halogens is 1. The van der Waals surface area contributed by atoms with Crippen LogP contribution in [0, 0.1) is 0 Å². The molecule has 0 spiro atoms. The third-order valence-electron chi connectivity index (χ3n) is 2.00. The van der Waals surface area contributed by atoms with Crippen LogP contribution in [0.4, 0.5) is 11.5 Å². The highest BCUT2D eigenvalue weighted by Gasteiger charge is 2.05. The van der Waals surface area contributed by atoms with E-state index in [1.807, 2.05) is 24.3 Å². The third kappa shape index (κ3) is 3.01. The van der Waals surface area contributed by atoms with Gasteiger partial charge in [0, 0.05) is 16.2 Å². The van der Waals surface area contributed by atoms with Crippen molar-refractivity contribution >= 4 is 33.4 Å². The molecule has 2 rings (SSSR count). The monoisotopic (exact) mass is 293 g/mol. The molecular formula is C11H8BrN3O2. The minimum atomic E-state index is -1.08. The van der Waals surface area contributed by atoms with E-state index in [4.69, 9.17) is 5.11 Å². The third-order valence-corrected chi connectivity index (χ3v) is 2.53. The lowest BCUT2D eigenvalue weighted by atomic mass is 10.3. The molecule has 1 aromatic heterocycles. The Hall–Kier alpha value is -1.95. The Kier molecular flexibility index (Phi) is 3.34. The molecule has 0 bridgehead atoms. The van der Waals surface area contributed by atoms with E-state index in [-0.39, 0.29) is 5.69 Å². The summed E-state index contributed by atoms with van der Waals surface area (Å²) in [5.74, 6) is -0.633. The van der Waals surface area contributed by atoms with Crippen LogP contribution in [0.1, 0.15) is 10.5 Å². The maximum absolute atomic E-state index is 10.7. The van der Waals surface area contributed by atoms with Gasteiger partial charge in [0.15, 0.2) is 5.69 Å². The first-order valence-corrected chi connectivity index (χ1v) is 5.52. The number of anilines is 2. The van der Waals surface area contributed by atoms with Gasteiger partial charge in [-0.15, -0.1) is 0 Å². The van der Waals surface area contributed by atoms with Crippen molar-refractivity contribution in [2.45, 2.75) is 0 Å². The van der Waals surface area contributed by atoms with Gasteiger partial charge in [0.2, 0.25) is 0 Å². The summed E-state index contributed by atoms with van der Waals surface area (Å²) >= 11 is 3.33. The first-order valence-electron chi connectivity index (χ1n) is 4.73. The van der Waals surface area contributed by atoms with Crippen LogP contribution in [-0.2, 0) is 0 Å². The van der Waals surface area contributed by atoms with E-state index in [2.05, 4.69) is 31.2 Å². The number of aromatic carboxylic acids is 1. The second-order valence-corrected chi connectivity index (χ2v) is 4.14. The van der Waals surface area contributed by atoms with Gasteiger partial charge in [-0.1, -0.05) is 15.9 Å². The fraction of sp³-hybridized carbons (Fsp3) is 0. The number of benzene rings is 1. The van der Waals surface area contributed by atoms with Crippen LogP contribution in [-0.4, -0.2) is 21.0 Å². The molecule has 5 nitrogen and oxygen atoms in total. The number of hydrogen-bond acceptors (Lipinski definition) is 4. The molecule has 0 radical (unpaired) electrons. The summed E-state index contributed by atoms with van der Waals surface area (Å²) in [6.07, 6.45) is 1.21. The summed E-state index contributed by atoms with van der Waals surface area (Å²) in [6.45, 7) is 0. The Morgan fingerprint density at radius 1 is 1.24 bits per heavy atom. The Morgan fingerprint density at radius 3 is 2.59 bits per heavy atom. The second kappa shape index (κ2) is 4.92. The van der Waals surface area contributed by atoms with E-state index >= 15 is 0 Å². The summed E-state index contributed by atoms with van der Waals surface area (Å²) in [5, 5.41) is 11.8. The number of carbonyl (C=O) groups is 1. The zero-order chi connectivity index (χ0) is 12.3. The Labute approximate surface area is 106 Å². The average Bonchev–Trinajstić information content (AvgIpc) is 2.32. The molecule has 1 aromatic carbocycles. The molecule has 0 aliphatic heterocycles. The maximum Gasteiger partial charge on any atom is 0.354 e. The van der Waals surface area contributed by atoms with Crippen LogP contribution >= 0.6 is 15.9 Å². The van der Waals surface area contributed by atoms with Crippen LogP contribution in [0.2, 0.25) is 0 Å². The summed E-state index contributed by atoms with van der Waals surface area (Å²) in [4.78, 5) is 18.3. The van der Waals surface area contributed by atoms with E-state index in [0.717, 1.165) is 10.2 Å². The van der Waals surface area contributed by atoms with Crippen LogP contribution in [0.5, 0.6) is 0 Å². The molecule has 86 valence electrons. The van der Waals surface area contributed by atoms with Crippen molar-refractivity contribution in [3.8, 4) is 0 Å². The molecule has 0 saturated carbocycles. The van der Waals surface area contributed by atoms with Gasteiger partial charge in [0.25, 0.3) is 0 Å². The highest BCUT2D eigenvalue weighted by atomic mass is 79.9. The molecule has 0 fully saturated rings. The highest BCUT2D eigenvalue weighted by Crippen LogP contribution is 2.17. The van der Waals surface area contributed by atoms with Crippen molar-refractivity contribution in [2.75, 3.05) is 5.32 Å². The number of carboxylic acid groups (broad SMARTS) is 1. The highest BCUT2D eigenvalue weighted by molar-refractivity contribution is 9.10. The lowest BCUT2D eigenvalue weighted by Gasteiger charge is -2.05. The quantitative estimate of drug-likeness (QED) is 0.910. The van der Waals surface area contributed by atoms with Crippen LogP contribution in [0.25, 0.3) is 0 Å². The molecule has 0 aliphatic rings. The van der Waals surface area contributed by atoms with Crippen molar-refractivity contribution in [3.63, 3.8) is 0 Å². The molecule has 17 heavy (non-hydrogen) atoms. The Bertz CT molecular complexity index is 543. The second-order valence-electron chi connectivity index (χ2n) is 3.23. The lowest BCUT2D eigenvalue weighted by Crippen LogP contribution is -2.02. The summed E-state index contributed by atoms with van der Waals surface area (Å²) in [7, 11) is 0. The van der Waals surface area contributed by atoms with E-state index in [0.29, 0.717) is 5.82 Å². The van der Waals surface area contributed by atoms with Gasteiger partial charge in [-0.3, -0.25) is 0 Å². The van der Waals surface area contributed by atoms with Crippen molar-refractivity contribution in [1.29, 1.82) is 0 Å². The van der Waals surface area contributed by atoms with Gasteiger partial charge >= 0.3 is 5.97 Å². The Morgan fingerprint density at radius 2 is 1.94 bits per heavy atom. The number of nitrogens with zero attached hydrogens (tertiary/aromatic N) is 2. The molecule has 0 saturated heterocycles. The molecule has 0 unspecified atom stereocenters. The van der Waals surface area contributed by atoms with Gasteiger partial charge in [0.05, 0.1) is 0 Å². The zero-order valence-corrected chi connectivity index (χ0v) is 10.2. The largest absolute Gasteiger partial charge is 0.477 e. The SMILES string of the molecule is O=C(O)c1cc(Nc2ccc(Br)cc2)ncn1. The van der Waals surface area contributed by atoms with Crippen molar-refractivity contribution < 1.29 is 9.90 Å². The molecule has 0 amide bonds. The first kappa shape index (κ1) is 11.5. The summed E-state index contributed by atoms with van der Waals surface area (Å²) < 4.78 is 0.969. The minimum absolute atomic E-state index is 0.0420. The van der Waals surface area contributed by atoms with E-state index in [1.165, 1.54) is 12.4 Å². The standard InChI is InChI=1S/C11H8BrN3O2/c12-7-1-3-8(4-2-7)15-10-5-9(11(16)17)13-6-14-10/h1-6H,(H,16,17)(H,13,14,15). The van der Waals surface area contributed by atoms with Gasteiger partial charge in [-0.05, 0) is 24.3 Å². The number of nitrogens with one attached hydrogen (secondary N) is 1. The van der Waals surface area contributed by atoms with Gasteiger partial charge in [0.1, 0.15) is 12.1 Å². The fourth-order valence-electron chi connectivity index (χ4n) is 1.22. The zero-order valence-electron chi connectivity index (χ0n) is 8.59. The molecule has 1 heterocycles. The van der Waals surface area contributed by atoms with E-state index < -0.39 is 5.97 Å². The van der Waals surface area contributed by atoms with E-state index in [9.17, 15) is 4.79 Å². The van der Waals surface area contributed by atoms with E-state index in [1.54, 1.807) is 0 Å². The van der Waals surface area contributed by atoms with Gasteiger partial charge < -0.3 is 10.4 Å². The van der Waals surface area contributed by atoms with Crippen molar-refractivity contribution in [2.24, 2.45) is 0 Å². The van der Waals surface area contributed by atoms with Gasteiger partial charge in [-0.2, -0.15) is 0 Å². The summed E-state index contributed by atoms with van der Waals surface area (Å²) in [6, 6.07) is 8.84. The number of rotatable bonds is 3. The fourth-order valence-corrected chi connectivity index (χ4v) is 1.49. The number of aromatic nitrogens is 2. The summed E-state index contributed by atoms with van der Waals surface area (Å²) in [5.41, 5.74) is 0.780. The van der Waals surface area contributed by atoms with Crippen molar-refractivity contribution in [3.05, 3.63) is 46.8 Å². The van der Waals surface area contributed by atoms with Gasteiger partial charge in [-0.25, -0.2) is 14.8 Å². The lowest BCUT2D eigenvalue weighted by molar-refractivity contribution is 0.0690. The van der Waals surface area contributed by atoms with Crippen LogP contribution in [0.15, 0.2) is 41.1 Å². The molecule has 2 N–H and O–H groups in total. The first-order chi connectivity index (χ1) is 8.15. The topological polar surface area (TPSA) is 75.1 Å². The smallest absolute Gasteiger partial charge is 0.354 e. The number of carboxylic acids is 1. The molecule has 6 heteroatoms. The molecule has 0 aliphatic carbocycles. The maximum atomic E-state index is 10.7. The van der Waals surface area contributed by atoms with Crippen LogP contribution in [0.3, 0.4) is 0 Å². The van der Waals surface area contributed by atoms with Crippen LogP contribution < -0.4 is 5.32 Å². The van der Waals surface area contributed by atoms with Crippen molar-refractivity contribution in [1.82, 2.24) is 9.97 Å². The molecule has 2 aromatic rings. The average molecular weight is 294 g/mol. The Balaban J connectivity index is 2.21. The molecule has 0 atom stereocenters.